The average Bonchev–Trinajstić information content (AvgIpc) is 3.21. The molecule has 12 heteroatoms. The number of carbonyl (C=O) groups excluding carboxylic acids is 2. The van der Waals surface area contributed by atoms with E-state index in [4.69, 9.17) is 0 Å². The summed E-state index contributed by atoms with van der Waals surface area (Å²) < 4.78 is 50.3. The van der Waals surface area contributed by atoms with Gasteiger partial charge in [0.15, 0.2) is 11.6 Å². The molecule has 2 aromatic heterocycles. The molecule has 2 aromatic rings. The molecule has 0 atom stereocenters. The normalized spacial score (nSPS) is 20.8. The first-order chi connectivity index (χ1) is 12.2. The number of aromatic amines is 2. The molecule has 0 bridgehead atoms. The fourth-order valence-corrected chi connectivity index (χ4v) is 5.03. The molecule has 26 heavy (non-hydrogen) atoms. The molecule has 0 aliphatic carbocycles. The minimum absolute atomic E-state index is 0.0509. The van der Waals surface area contributed by atoms with Gasteiger partial charge in [-0.3, -0.25) is 9.59 Å². The zero-order valence-corrected chi connectivity index (χ0v) is 15.0. The highest BCUT2D eigenvalue weighted by molar-refractivity contribution is 7.89. The van der Waals surface area contributed by atoms with Crippen LogP contribution < -0.4 is 9.44 Å². The summed E-state index contributed by atoms with van der Waals surface area (Å²) in [4.78, 5) is 28.0. The Morgan fingerprint density at radius 3 is 2.12 bits per heavy atom. The van der Waals surface area contributed by atoms with Crippen LogP contribution in [0, 0.1) is 0 Å². The maximum Gasteiger partial charge on any atom is 0.242 e. The van der Waals surface area contributed by atoms with Crippen LogP contribution in [0.5, 0.6) is 0 Å². The van der Waals surface area contributed by atoms with Gasteiger partial charge in [0.2, 0.25) is 20.0 Å². The summed E-state index contributed by atoms with van der Waals surface area (Å²) in [6.45, 7) is 0.347. The van der Waals surface area contributed by atoms with E-state index in [0.29, 0.717) is 0 Å². The van der Waals surface area contributed by atoms with Crippen molar-refractivity contribution in [3.8, 4) is 0 Å². The van der Waals surface area contributed by atoms with E-state index in [-0.39, 0.29) is 58.5 Å². The minimum atomic E-state index is -3.47. The van der Waals surface area contributed by atoms with Crippen LogP contribution in [0.25, 0.3) is 0 Å². The van der Waals surface area contributed by atoms with Gasteiger partial charge < -0.3 is 9.97 Å². The Morgan fingerprint density at radius 1 is 0.808 bits per heavy atom. The summed E-state index contributed by atoms with van der Waals surface area (Å²) in [5, 5.41) is 0. The van der Waals surface area contributed by atoms with Gasteiger partial charge >= 0.3 is 0 Å². The van der Waals surface area contributed by atoms with Crippen LogP contribution in [0.1, 0.15) is 33.7 Å². The van der Waals surface area contributed by atoms with Crippen molar-refractivity contribution in [3.05, 3.63) is 35.9 Å². The van der Waals surface area contributed by atoms with Gasteiger partial charge in [0.25, 0.3) is 0 Å². The van der Waals surface area contributed by atoms with Crippen LogP contribution >= 0.6 is 0 Å². The van der Waals surface area contributed by atoms with Crippen molar-refractivity contribution in [1.82, 2.24) is 19.4 Å². The average molecular weight is 400 g/mol. The maximum absolute atomic E-state index is 11.4. The number of Topliss-reactive ketones (excluding diaryl/α,β-unsaturated/α-hetero) is 2. The molecule has 0 radical (unpaired) electrons. The number of nitrogens with one attached hydrogen (secondary N) is 4. The number of hydrogen-bond acceptors (Lipinski definition) is 6. The molecule has 0 aromatic carbocycles. The molecule has 2 aliphatic heterocycles. The highest BCUT2D eigenvalue weighted by Crippen LogP contribution is 2.19. The molecule has 4 rings (SSSR count). The van der Waals surface area contributed by atoms with Crippen LogP contribution in [-0.2, 0) is 20.0 Å². The van der Waals surface area contributed by atoms with E-state index in [1.54, 1.807) is 0 Å². The number of carbonyl (C=O) groups is 2. The Morgan fingerprint density at radius 2 is 1.42 bits per heavy atom. The Hall–Kier alpha value is -2.28. The topological polar surface area (TPSA) is 158 Å². The minimum Gasteiger partial charge on any atom is -0.366 e. The van der Waals surface area contributed by atoms with Gasteiger partial charge in [-0.2, -0.15) is 0 Å². The molecule has 10 nitrogen and oxygen atoms in total. The van der Waals surface area contributed by atoms with Gasteiger partial charge in [-0.25, -0.2) is 26.3 Å². The summed E-state index contributed by atoms with van der Waals surface area (Å²) >= 11 is 0. The molecular formula is C14H16N4O6S2. The van der Waals surface area contributed by atoms with Crippen LogP contribution in [-0.4, -0.2) is 51.5 Å². The second-order valence-electron chi connectivity index (χ2n) is 5.59. The van der Waals surface area contributed by atoms with Crippen molar-refractivity contribution < 1.29 is 26.4 Å². The summed E-state index contributed by atoms with van der Waals surface area (Å²) in [6.07, 6.45) is 4.60. The lowest BCUT2D eigenvalue weighted by atomic mass is 10.2. The number of hydrogen-bond donors (Lipinski definition) is 4. The van der Waals surface area contributed by atoms with Gasteiger partial charge in [-0.15, -0.1) is 0 Å². The summed E-state index contributed by atoms with van der Waals surface area (Å²) in [5.41, 5.74) is 0.440. The molecule has 4 heterocycles. The van der Waals surface area contributed by atoms with Crippen molar-refractivity contribution in [1.29, 1.82) is 0 Å². The first-order valence-electron chi connectivity index (χ1n) is 7.62. The molecular weight excluding hydrogens is 384 g/mol. The van der Waals surface area contributed by atoms with E-state index in [1.165, 1.54) is 24.7 Å². The van der Waals surface area contributed by atoms with Gasteiger partial charge in [-0.1, -0.05) is 0 Å². The number of aromatic nitrogens is 2. The van der Waals surface area contributed by atoms with Gasteiger partial charge in [0, 0.05) is 44.5 Å². The second-order valence-corrected chi connectivity index (χ2v) is 9.06. The third kappa shape index (κ3) is 3.49. The number of fused-ring (bicyclic) bond motifs is 2. The summed E-state index contributed by atoms with van der Waals surface area (Å²) in [7, 11) is -6.94. The first kappa shape index (κ1) is 18.5. The number of ketones is 2. The Kier molecular flexibility index (Phi) is 4.84. The smallest absolute Gasteiger partial charge is 0.242 e. The monoisotopic (exact) mass is 400 g/mol. The maximum atomic E-state index is 11.4. The quantitative estimate of drug-likeness (QED) is 0.478. The highest BCUT2D eigenvalue weighted by Gasteiger charge is 2.27. The lowest BCUT2D eigenvalue weighted by Gasteiger charge is -1.98. The van der Waals surface area contributed by atoms with Crippen molar-refractivity contribution in [2.24, 2.45) is 0 Å². The lowest BCUT2D eigenvalue weighted by molar-refractivity contribution is 0.0972. The van der Waals surface area contributed by atoms with E-state index < -0.39 is 20.0 Å². The van der Waals surface area contributed by atoms with Crippen LogP contribution in [0.15, 0.2) is 34.4 Å². The highest BCUT2D eigenvalue weighted by atomic mass is 32.2. The number of sulfonamides is 2. The fourth-order valence-electron chi connectivity index (χ4n) is 2.60. The lowest BCUT2D eigenvalue weighted by Crippen LogP contribution is -2.22. The Balaban J connectivity index is 0.000000151. The molecule has 0 fully saturated rings. The van der Waals surface area contributed by atoms with Gasteiger partial charge in [-0.05, 0) is 6.07 Å². The van der Waals surface area contributed by atoms with E-state index in [9.17, 15) is 26.4 Å². The third-order valence-corrected chi connectivity index (χ3v) is 6.87. The molecule has 0 amide bonds. The summed E-state index contributed by atoms with van der Waals surface area (Å²) in [5.74, 6) is -0.321. The zero-order chi connectivity index (χ0) is 18.9. The van der Waals surface area contributed by atoms with Gasteiger partial charge in [0.1, 0.15) is 15.5 Å². The molecule has 140 valence electrons. The van der Waals surface area contributed by atoms with Crippen molar-refractivity contribution in [2.45, 2.75) is 22.6 Å². The first-order valence-corrected chi connectivity index (χ1v) is 10.6. The zero-order valence-electron chi connectivity index (χ0n) is 13.4. The SMILES string of the molecule is O=C1CCNS(=O)(=O)c2c[nH]cc21.O=C1CCNS(=O)(=O)c2cc[nH]c21. The number of rotatable bonds is 0. The van der Waals surface area contributed by atoms with E-state index in [2.05, 4.69) is 19.4 Å². The summed E-state index contributed by atoms with van der Waals surface area (Å²) in [6, 6.07) is 1.39. The van der Waals surface area contributed by atoms with Crippen LogP contribution in [0.3, 0.4) is 0 Å². The molecule has 0 unspecified atom stereocenters. The predicted octanol–water partition coefficient (Wildman–Crippen LogP) is -0.241. The standard InChI is InChI=1S/2C7H8N2O3S/c10-5-1-4-9-13(11,12)6-2-3-8-7(5)6;10-6-1-2-9-13(11,12)7-4-8-3-5(6)7/h2-3,8-9H,1,4H2;3-4,8-9H,1-2H2. The van der Waals surface area contributed by atoms with Crippen LogP contribution in [0.2, 0.25) is 0 Å². The molecule has 0 saturated heterocycles. The van der Waals surface area contributed by atoms with E-state index >= 15 is 0 Å². The molecule has 0 spiro atoms. The van der Waals surface area contributed by atoms with Gasteiger partial charge in [0.05, 0.1) is 5.56 Å². The van der Waals surface area contributed by atoms with Crippen molar-refractivity contribution in [2.75, 3.05) is 13.1 Å². The largest absolute Gasteiger partial charge is 0.366 e. The Labute approximate surface area is 149 Å². The molecule has 0 saturated carbocycles. The molecule has 4 N–H and O–H groups in total. The van der Waals surface area contributed by atoms with Crippen molar-refractivity contribution >= 4 is 31.6 Å². The fraction of sp³-hybridized carbons (Fsp3) is 0.286. The Bertz CT molecular complexity index is 978. The van der Waals surface area contributed by atoms with E-state index in [1.807, 2.05) is 0 Å². The van der Waals surface area contributed by atoms with Crippen LogP contribution in [0.4, 0.5) is 0 Å². The molecule has 2 aliphatic rings. The van der Waals surface area contributed by atoms with E-state index in [0.717, 1.165) is 0 Å². The number of H-pyrrole nitrogens is 2. The van der Waals surface area contributed by atoms with Crippen molar-refractivity contribution in [3.63, 3.8) is 0 Å². The predicted molar refractivity (Wildman–Crippen MR) is 89.9 cm³/mol. The third-order valence-electron chi connectivity index (χ3n) is 3.86. The second kappa shape index (κ2) is 6.79.